The van der Waals surface area contributed by atoms with Gasteiger partial charge in [-0.2, -0.15) is 5.10 Å². The third-order valence-electron chi connectivity index (χ3n) is 2.97. The molecule has 0 saturated heterocycles. The van der Waals surface area contributed by atoms with Gasteiger partial charge in [-0.1, -0.05) is 0 Å². The first-order valence-electron chi connectivity index (χ1n) is 6.56. The molecule has 0 unspecified atom stereocenters. The minimum Gasteiger partial charge on any atom is -0.504 e. The third kappa shape index (κ3) is 4.19. The topological polar surface area (TPSA) is 114 Å². The second-order valence-corrected chi connectivity index (χ2v) is 5.72. The number of non-ortho nitro benzene ring substituents is 1. The van der Waals surface area contributed by atoms with Crippen LogP contribution in [0.2, 0.25) is 0 Å². The van der Waals surface area contributed by atoms with E-state index < -0.39 is 10.8 Å². The Morgan fingerprint density at radius 1 is 1.38 bits per heavy atom. The predicted molar refractivity (Wildman–Crippen MR) is 95.5 cm³/mol. The fourth-order valence-electron chi connectivity index (χ4n) is 1.84. The monoisotopic (exact) mass is 441 g/mol. The van der Waals surface area contributed by atoms with Gasteiger partial charge in [0.25, 0.3) is 11.6 Å². The smallest absolute Gasteiger partial charge is 0.271 e. The van der Waals surface area contributed by atoms with Crippen molar-refractivity contribution in [3.63, 3.8) is 0 Å². The molecule has 0 aliphatic heterocycles. The Labute approximate surface area is 150 Å². The zero-order chi connectivity index (χ0) is 17.7. The standard InChI is InChI=1S/C15H12IN3O5/c1-24-14-12(16)6-9(7-13(14)20)8-17-18-15(21)10-2-4-11(5-3-10)19(22)23/h2-8,20H,1H3,(H,18,21)/b17-8-. The van der Waals surface area contributed by atoms with Crippen LogP contribution in [0.1, 0.15) is 15.9 Å². The first kappa shape index (κ1) is 17.7. The maximum absolute atomic E-state index is 11.9. The van der Waals surface area contributed by atoms with Crippen molar-refractivity contribution in [1.29, 1.82) is 0 Å². The molecule has 0 atom stereocenters. The number of carbonyl (C=O) groups is 1. The molecule has 1 amide bonds. The number of nitrogens with one attached hydrogen (secondary N) is 1. The van der Waals surface area contributed by atoms with E-state index in [1.807, 2.05) is 22.6 Å². The summed E-state index contributed by atoms with van der Waals surface area (Å²) >= 11 is 2.01. The average molecular weight is 441 g/mol. The van der Waals surface area contributed by atoms with E-state index in [2.05, 4.69) is 10.5 Å². The van der Waals surface area contributed by atoms with Crippen molar-refractivity contribution in [1.82, 2.24) is 5.43 Å². The number of carbonyl (C=O) groups excluding carboxylic acids is 1. The number of phenols is 1. The summed E-state index contributed by atoms with van der Waals surface area (Å²) in [6.07, 6.45) is 1.37. The molecule has 0 fully saturated rings. The van der Waals surface area contributed by atoms with E-state index >= 15 is 0 Å². The number of nitro benzene ring substituents is 1. The van der Waals surface area contributed by atoms with Crippen LogP contribution in [0, 0.1) is 13.7 Å². The van der Waals surface area contributed by atoms with Crippen molar-refractivity contribution in [3.05, 3.63) is 61.2 Å². The predicted octanol–water partition coefficient (Wildman–Crippen LogP) is 2.68. The van der Waals surface area contributed by atoms with Gasteiger partial charge in [0, 0.05) is 17.7 Å². The first-order chi connectivity index (χ1) is 11.4. The number of hydrogen-bond acceptors (Lipinski definition) is 6. The Morgan fingerprint density at radius 2 is 2.04 bits per heavy atom. The highest BCUT2D eigenvalue weighted by Crippen LogP contribution is 2.31. The largest absolute Gasteiger partial charge is 0.504 e. The van der Waals surface area contributed by atoms with Crippen molar-refractivity contribution >= 4 is 40.4 Å². The van der Waals surface area contributed by atoms with Gasteiger partial charge in [-0.3, -0.25) is 14.9 Å². The summed E-state index contributed by atoms with van der Waals surface area (Å²) in [5, 5.41) is 24.2. The fourth-order valence-corrected chi connectivity index (χ4v) is 2.70. The zero-order valence-corrected chi connectivity index (χ0v) is 14.6. The summed E-state index contributed by atoms with van der Waals surface area (Å²) in [6, 6.07) is 8.32. The lowest BCUT2D eigenvalue weighted by molar-refractivity contribution is -0.384. The number of amides is 1. The molecule has 2 aromatic rings. The molecule has 24 heavy (non-hydrogen) atoms. The normalized spacial score (nSPS) is 10.6. The number of nitrogens with zero attached hydrogens (tertiary/aromatic N) is 2. The number of hydrazone groups is 1. The molecule has 0 radical (unpaired) electrons. The second kappa shape index (κ2) is 7.73. The lowest BCUT2D eigenvalue weighted by Crippen LogP contribution is -2.17. The molecule has 2 rings (SSSR count). The molecule has 2 N–H and O–H groups in total. The lowest BCUT2D eigenvalue weighted by atomic mass is 10.2. The molecule has 124 valence electrons. The molecule has 0 aromatic heterocycles. The highest BCUT2D eigenvalue weighted by atomic mass is 127. The number of methoxy groups -OCH3 is 1. The van der Waals surface area contributed by atoms with E-state index in [9.17, 15) is 20.0 Å². The van der Waals surface area contributed by atoms with E-state index in [-0.39, 0.29) is 17.0 Å². The van der Waals surface area contributed by atoms with Crippen molar-refractivity contribution in [2.24, 2.45) is 5.10 Å². The molecule has 8 nitrogen and oxygen atoms in total. The molecule has 0 aliphatic carbocycles. The number of phenolic OH excluding ortho intramolecular Hbond substituents is 1. The number of halogens is 1. The van der Waals surface area contributed by atoms with Crippen LogP contribution in [0.3, 0.4) is 0 Å². The highest BCUT2D eigenvalue weighted by Gasteiger charge is 2.09. The third-order valence-corrected chi connectivity index (χ3v) is 3.77. The molecule has 0 aliphatic rings. The molecule has 0 spiro atoms. The highest BCUT2D eigenvalue weighted by molar-refractivity contribution is 14.1. The van der Waals surface area contributed by atoms with Gasteiger partial charge in [-0.05, 0) is 52.4 Å². The van der Waals surface area contributed by atoms with Gasteiger partial charge >= 0.3 is 0 Å². The van der Waals surface area contributed by atoms with Gasteiger partial charge < -0.3 is 9.84 Å². The number of ether oxygens (including phenoxy) is 1. The van der Waals surface area contributed by atoms with Crippen LogP contribution < -0.4 is 10.2 Å². The molecule has 0 saturated carbocycles. The average Bonchev–Trinajstić information content (AvgIpc) is 2.54. The molecule has 0 heterocycles. The summed E-state index contributed by atoms with van der Waals surface area (Å²) < 4.78 is 5.73. The quantitative estimate of drug-likeness (QED) is 0.321. The van der Waals surface area contributed by atoms with E-state index in [0.717, 1.165) is 0 Å². The lowest BCUT2D eigenvalue weighted by Gasteiger charge is -2.06. The van der Waals surface area contributed by atoms with Crippen molar-refractivity contribution < 1.29 is 19.6 Å². The van der Waals surface area contributed by atoms with Crippen LogP contribution in [0.25, 0.3) is 0 Å². The Hall–Kier alpha value is -2.69. The number of benzene rings is 2. The summed E-state index contributed by atoms with van der Waals surface area (Å²) in [4.78, 5) is 21.9. The van der Waals surface area contributed by atoms with Crippen LogP contribution in [0.15, 0.2) is 41.5 Å². The van der Waals surface area contributed by atoms with Gasteiger partial charge in [-0.15, -0.1) is 0 Å². The SMILES string of the molecule is COc1c(O)cc(/C=N\NC(=O)c2ccc([N+](=O)[O-])cc2)cc1I. The maximum atomic E-state index is 11.9. The summed E-state index contributed by atoms with van der Waals surface area (Å²) in [5.74, 6) is -0.177. The summed E-state index contributed by atoms with van der Waals surface area (Å²) in [5.41, 5.74) is 3.02. The van der Waals surface area contributed by atoms with Gasteiger partial charge in [0.2, 0.25) is 0 Å². The molecular weight excluding hydrogens is 429 g/mol. The van der Waals surface area contributed by atoms with Gasteiger partial charge in [0.05, 0.1) is 21.8 Å². The van der Waals surface area contributed by atoms with E-state index in [1.165, 1.54) is 43.7 Å². The van der Waals surface area contributed by atoms with Crippen LogP contribution in [-0.2, 0) is 0 Å². The number of rotatable bonds is 5. The van der Waals surface area contributed by atoms with Crippen molar-refractivity contribution in [3.8, 4) is 11.5 Å². The Bertz CT molecular complexity index is 782. The molecule has 2 aromatic carbocycles. The van der Waals surface area contributed by atoms with E-state index in [1.54, 1.807) is 6.07 Å². The Balaban J connectivity index is 2.06. The maximum Gasteiger partial charge on any atom is 0.271 e. The van der Waals surface area contributed by atoms with Crippen molar-refractivity contribution in [2.45, 2.75) is 0 Å². The minimum absolute atomic E-state index is 0.0347. The van der Waals surface area contributed by atoms with Crippen LogP contribution in [-0.4, -0.2) is 29.3 Å². The van der Waals surface area contributed by atoms with Crippen LogP contribution >= 0.6 is 22.6 Å². The minimum atomic E-state index is -0.544. The van der Waals surface area contributed by atoms with Gasteiger partial charge in [0.15, 0.2) is 11.5 Å². The molecule has 9 heteroatoms. The van der Waals surface area contributed by atoms with Crippen LogP contribution in [0.4, 0.5) is 5.69 Å². The number of aromatic hydroxyl groups is 1. The Kier molecular flexibility index (Phi) is 5.68. The zero-order valence-electron chi connectivity index (χ0n) is 12.4. The summed E-state index contributed by atoms with van der Waals surface area (Å²) in [7, 11) is 1.45. The second-order valence-electron chi connectivity index (χ2n) is 4.56. The number of hydrogen-bond donors (Lipinski definition) is 2. The van der Waals surface area contributed by atoms with Gasteiger partial charge in [-0.25, -0.2) is 5.43 Å². The van der Waals surface area contributed by atoms with Gasteiger partial charge in [0.1, 0.15) is 0 Å². The fraction of sp³-hybridized carbons (Fsp3) is 0.0667. The van der Waals surface area contributed by atoms with Crippen LogP contribution in [0.5, 0.6) is 11.5 Å². The van der Waals surface area contributed by atoms with E-state index in [0.29, 0.717) is 14.9 Å². The number of nitro groups is 1. The Morgan fingerprint density at radius 3 is 2.58 bits per heavy atom. The molecular formula is C15H12IN3O5. The van der Waals surface area contributed by atoms with Crippen molar-refractivity contribution in [2.75, 3.05) is 7.11 Å². The first-order valence-corrected chi connectivity index (χ1v) is 7.64. The molecule has 0 bridgehead atoms. The summed E-state index contributed by atoms with van der Waals surface area (Å²) in [6.45, 7) is 0. The van der Waals surface area contributed by atoms with E-state index in [4.69, 9.17) is 4.74 Å².